The average Bonchev–Trinajstić information content (AvgIpc) is 3.05. The van der Waals surface area contributed by atoms with Crippen LogP contribution >= 0.6 is 0 Å². The molecule has 0 heterocycles. The van der Waals surface area contributed by atoms with E-state index in [9.17, 15) is 19.8 Å². The van der Waals surface area contributed by atoms with Crippen LogP contribution in [-0.4, -0.2) is 51.2 Å². The molecular formula is C25H40O8. The summed E-state index contributed by atoms with van der Waals surface area (Å²) in [6.45, 7) is 6.74. The molecule has 0 amide bonds. The Bertz CT molecular complexity index is 741. The number of ether oxygens (including phenoxy) is 2. The lowest BCUT2D eigenvalue weighted by Gasteiger charge is -2.62. The summed E-state index contributed by atoms with van der Waals surface area (Å²) in [5.41, 5.74) is 0.180. The first-order valence-corrected chi connectivity index (χ1v) is 12.6. The largest absolute Gasteiger partial charge is 0.508 e. The van der Waals surface area contributed by atoms with Crippen LogP contribution in [0.2, 0.25) is 0 Å². The molecule has 0 aliphatic heterocycles. The zero-order chi connectivity index (χ0) is 24.1. The number of carbonyl (C=O) groups is 2. The van der Waals surface area contributed by atoms with Crippen molar-refractivity contribution in [2.45, 2.75) is 97.1 Å². The standard InChI is InChI=1S/C25H40O8/c1-13(10-20(32-22(28)29)33-23(30)31)16-4-5-17-21-18(7-9-25(16,17)3)24(2)8-6-15(26)11-14(24)12-19(21)27/h13-21,26-27H,4-12H2,1-3H3,(H,28,29)(H,30,31)/t13-,14+,15-,16-,17+,18+,19-,21+,24+,25-/m1/s1. The molecule has 4 N–H and O–H groups in total. The zero-order valence-electron chi connectivity index (χ0n) is 20.0. The second kappa shape index (κ2) is 8.91. The minimum absolute atomic E-state index is 0.00986. The third kappa shape index (κ3) is 4.33. The Balaban J connectivity index is 1.51. The molecule has 4 fully saturated rings. The highest BCUT2D eigenvalue weighted by Gasteiger charge is 2.63. The Hall–Kier alpha value is -1.54. The van der Waals surface area contributed by atoms with Crippen molar-refractivity contribution in [2.24, 2.45) is 46.3 Å². The van der Waals surface area contributed by atoms with Gasteiger partial charge in [-0.2, -0.15) is 0 Å². The molecule has 188 valence electrons. The van der Waals surface area contributed by atoms with Gasteiger partial charge in [0.25, 0.3) is 6.29 Å². The highest BCUT2D eigenvalue weighted by atomic mass is 16.8. The lowest BCUT2D eigenvalue weighted by atomic mass is 9.43. The second-order valence-corrected chi connectivity index (χ2v) is 11.9. The number of hydrogen-bond acceptors (Lipinski definition) is 6. The van der Waals surface area contributed by atoms with Gasteiger partial charge in [-0.1, -0.05) is 20.8 Å². The summed E-state index contributed by atoms with van der Waals surface area (Å²) in [5, 5.41) is 39.5. The van der Waals surface area contributed by atoms with E-state index in [2.05, 4.69) is 13.8 Å². The Morgan fingerprint density at radius 1 is 0.909 bits per heavy atom. The minimum Gasteiger partial charge on any atom is -0.450 e. The van der Waals surface area contributed by atoms with Gasteiger partial charge in [0.2, 0.25) is 0 Å². The van der Waals surface area contributed by atoms with E-state index in [0.29, 0.717) is 17.8 Å². The second-order valence-electron chi connectivity index (χ2n) is 11.9. The predicted molar refractivity (Wildman–Crippen MR) is 118 cm³/mol. The van der Waals surface area contributed by atoms with Gasteiger partial charge >= 0.3 is 12.3 Å². The van der Waals surface area contributed by atoms with Gasteiger partial charge in [-0.25, -0.2) is 9.59 Å². The molecule has 0 aromatic carbocycles. The summed E-state index contributed by atoms with van der Waals surface area (Å²) in [6.07, 6.45) is 2.72. The van der Waals surface area contributed by atoms with Gasteiger partial charge in [0.15, 0.2) is 0 Å². The molecule has 10 atom stereocenters. The van der Waals surface area contributed by atoms with Crippen molar-refractivity contribution >= 4 is 12.3 Å². The number of aliphatic hydroxyl groups is 2. The van der Waals surface area contributed by atoms with E-state index in [1.165, 1.54) is 0 Å². The molecule has 8 heteroatoms. The molecule has 0 aromatic rings. The van der Waals surface area contributed by atoms with Crippen molar-refractivity contribution in [2.75, 3.05) is 0 Å². The predicted octanol–water partition coefficient (Wildman–Crippen LogP) is 4.72. The summed E-state index contributed by atoms with van der Waals surface area (Å²) in [4.78, 5) is 22.0. The van der Waals surface area contributed by atoms with Crippen LogP contribution in [0.1, 0.15) is 78.6 Å². The van der Waals surface area contributed by atoms with E-state index >= 15 is 0 Å². The van der Waals surface area contributed by atoms with Gasteiger partial charge < -0.3 is 29.9 Å². The molecule has 4 saturated carbocycles. The summed E-state index contributed by atoms with van der Waals surface area (Å²) in [5.74, 6) is 1.78. The van der Waals surface area contributed by atoms with Crippen LogP contribution in [0.3, 0.4) is 0 Å². The summed E-state index contributed by atoms with van der Waals surface area (Å²) < 4.78 is 9.40. The third-order valence-corrected chi connectivity index (χ3v) is 10.4. The van der Waals surface area contributed by atoms with Crippen molar-refractivity contribution in [3.8, 4) is 0 Å². The van der Waals surface area contributed by atoms with E-state index in [1.807, 2.05) is 6.92 Å². The lowest BCUT2D eigenvalue weighted by molar-refractivity contribution is -0.175. The van der Waals surface area contributed by atoms with E-state index in [1.54, 1.807) is 0 Å². The SMILES string of the molecule is C[C@H](CC(OC(=O)O)OC(=O)O)[C@H]1CC[C@H]2[C@@H]3[C@H](O)C[C@@H]4C[C@H](O)CC[C@]4(C)[C@H]3CC[C@]12C. The molecule has 0 saturated heterocycles. The third-order valence-electron chi connectivity index (χ3n) is 10.4. The van der Waals surface area contributed by atoms with Gasteiger partial charge in [-0.05, 0) is 97.7 Å². The van der Waals surface area contributed by atoms with E-state index in [4.69, 9.17) is 19.7 Å². The maximum Gasteiger partial charge on any atom is 0.508 e. The molecule has 0 bridgehead atoms. The van der Waals surface area contributed by atoms with Gasteiger partial charge in [-0.15, -0.1) is 0 Å². The van der Waals surface area contributed by atoms with Crippen LogP contribution in [-0.2, 0) is 9.47 Å². The first kappa shape index (κ1) is 24.6. The smallest absolute Gasteiger partial charge is 0.450 e. The van der Waals surface area contributed by atoms with Crippen molar-refractivity contribution < 1.29 is 39.5 Å². The number of hydrogen-bond donors (Lipinski definition) is 4. The van der Waals surface area contributed by atoms with Crippen molar-refractivity contribution in [1.29, 1.82) is 0 Å². The van der Waals surface area contributed by atoms with Crippen LogP contribution in [0.4, 0.5) is 9.59 Å². The Kier molecular flexibility index (Phi) is 6.64. The molecule has 4 rings (SSSR count). The molecule has 0 aromatic heterocycles. The molecule has 0 unspecified atom stereocenters. The fraction of sp³-hybridized carbons (Fsp3) is 0.920. The van der Waals surface area contributed by atoms with Gasteiger partial charge in [0.05, 0.1) is 12.2 Å². The molecule has 33 heavy (non-hydrogen) atoms. The van der Waals surface area contributed by atoms with Crippen LogP contribution in [0.15, 0.2) is 0 Å². The summed E-state index contributed by atoms with van der Waals surface area (Å²) in [7, 11) is 0. The maximum absolute atomic E-state index is 11.3. The lowest BCUT2D eigenvalue weighted by Crippen LogP contribution is -2.58. The molecule has 4 aliphatic rings. The van der Waals surface area contributed by atoms with E-state index in [-0.39, 0.29) is 47.2 Å². The van der Waals surface area contributed by atoms with Crippen LogP contribution in [0.5, 0.6) is 0 Å². The van der Waals surface area contributed by atoms with Crippen molar-refractivity contribution in [3.63, 3.8) is 0 Å². The highest BCUT2D eigenvalue weighted by molar-refractivity contribution is 5.59. The normalized spacial score (nSPS) is 45.5. The van der Waals surface area contributed by atoms with Gasteiger partial charge in [0, 0.05) is 6.42 Å². The van der Waals surface area contributed by atoms with Gasteiger partial charge in [0.1, 0.15) is 0 Å². The average molecular weight is 469 g/mol. The topological polar surface area (TPSA) is 134 Å². The molecule has 0 radical (unpaired) electrons. The number of fused-ring (bicyclic) bond motifs is 5. The van der Waals surface area contributed by atoms with Crippen LogP contribution in [0, 0.1) is 46.3 Å². The van der Waals surface area contributed by atoms with E-state index < -0.39 is 18.6 Å². The maximum atomic E-state index is 11.3. The highest BCUT2D eigenvalue weighted by Crippen LogP contribution is 2.68. The zero-order valence-corrected chi connectivity index (χ0v) is 20.0. The first-order chi connectivity index (χ1) is 15.5. The Morgan fingerprint density at radius 2 is 1.52 bits per heavy atom. The minimum atomic E-state index is -1.55. The van der Waals surface area contributed by atoms with Crippen LogP contribution in [0.25, 0.3) is 0 Å². The first-order valence-electron chi connectivity index (χ1n) is 12.6. The number of carboxylic acid groups (broad SMARTS) is 2. The van der Waals surface area contributed by atoms with Gasteiger partial charge in [-0.3, -0.25) is 0 Å². The van der Waals surface area contributed by atoms with E-state index in [0.717, 1.165) is 51.4 Å². The fourth-order valence-corrected chi connectivity index (χ4v) is 8.99. The number of rotatable bonds is 5. The monoisotopic (exact) mass is 468 g/mol. The Morgan fingerprint density at radius 3 is 2.15 bits per heavy atom. The molecule has 8 nitrogen and oxygen atoms in total. The Labute approximate surface area is 195 Å². The fourth-order valence-electron chi connectivity index (χ4n) is 8.99. The number of aliphatic hydroxyl groups excluding tert-OH is 2. The summed E-state index contributed by atoms with van der Waals surface area (Å²) >= 11 is 0. The van der Waals surface area contributed by atoms with Crippen molar-refractivity contribution in [3.05, 3.63) is 0 Å². The quantitative estimate of drug-likeness (QED) is 0.336. The molecule has 4 aliphatic carbocycles. The summed E-state index contributed by atoms with van der Waals surface area (Å²) in [6, 6.07) is 0. The molecule has 0 spiro atoms. The van der Waals surface area contributed by atoms with Crippen molar-refractivity contribution in [1.82, 2.24) is 0 Å². The van der Waals surface area contributed by atoms with Crippen LogP contribution < -0.4 is 0 Å². The molecular weight excluding hydrogens is 428 g/mol.